The van der Waals surface area contributed by atoms with Crippen LogP contribution in [0, 0.1) is 0 Å². The quantitative estimate of drug-likeness (QED) is 0.590. The Labute approximate surface area is 78.2 Å². The summed E-state index contributed by atoms with van der Waals surface area (Å²) in [5.74, 6) is 0. The predicted molar refractivity (Wildman–Crippen MR) is 42.5 cm³/mol. The molecule has 0 bridgehead atoms. The Bertz CT molecular complexity index is 42.3. The third-order valence-electron chi connectivity index (χ3n) is 0.957. The van der Waals surface area contributed by atoms with Crippen LogP contribution in [0.1, 0.15) is 0 Å². The summed E-state index contributed by atoms with van der Waals surface area (Å²) in [4.78, 5) is 0. The fraction of sp³-hybridized carbons (Fsp3) is 1.00. The van der Waals surface area contributed by atoms with E-state index >= 15 is 0 Å². The molecule has 0 spiro atoms. The number of hydrogen-bond acceptors (Lipinski definition) is 3. The molecule has 1 fully saturated rings. The fourth-order valence-electron chi connectivity index (χ4n) is 0.604. The molecule has 0 aromatic carbocycles. The van der Waals surface area contributed by atoms with Crippen molar-refractivity contribution in [2.24, 2.45) is 0 Å². The molecule has 0 atom stereocenters. The standard InChI is InChI=1S/C4H10N2.2ClH.H3N.Pt/c1-2-6-4-3-5-1;;;;/h5-6H,1-4H2;2*1H;1H3;/q;;;;+2/p-2. The Morgan fingerprint density at radius 3 is 1.20 bits per heavy atom. The molecule has 1 aliphatic heterocycles. The van der Waals surface area contributed by atoms with E-state index in [1.54, 1.807) is 0 Å². The molecule has 1 rings (SSSR count). The van der Waals surface area contributed by atoms with Crippen molar-refractivity contribution in [2.75, 3.05) is 26.2 Å². The van der Waals surface area contributed by atoms with Gasteiger partial charge in [-0.1, -0.05) is 0 Å². The van der Waals surface area contributed by atoms with Gasteiger partial charge in [0.1, 0.15) is 0 Å². The minimum atomic E-state index is -0.472. The van der Waals surface area contributed by atoms with Crippen LogP contribution in [0.5, 0.6) is 0 Å². The van der Waals surface area contributed by atoms with Gasteiger partial charge in [-0.05, 0) is 0 Å². The second-order valence-corrected chi connectivity index (χ2v) is 4.83. The van der Waals surface area contributed by atoms with Crippen LogP contribution in [0.25, 0.3) is 0 Å². The molecule has 0 radical (unpaired) electrons. The number of hydrogen-bond donors (Lipinski definition) is 3. The van der Waals surface area contributed by atoms with Gasteiger partial charge in [-0.15, -0.1) is 0 Å². The van der Waals surface area contributed by atoms with Gasteiger partial charge in [-0.2, -0.15) is 0 Å². The molecule has 3 nitrogen and oxygen atoms in total. The molecule has 0 amide bonds. The van der Waals surface area contributed by atoms with Crippen molar-refractivity contribution in [3.8, 4) is 0 Å². The summed E-state index contributed by atoms with van der Waals surface area (Å²) in [5.41, 5.74) is 0. The average Bonchev–Trinajstić information content (AvgIpc) is 1.93. The predicted octanol–water partition coefficient (Wildman–Crippen LogP) is 0.718. The molecule has 68 valence electrons. The molecule has 1 aliphatic rings. The Morgan fingerprint density at radius 1 is 0.900 bits per heavy atom. The summed E-state index contributed by atoms with van der Waals surface area (Å²) in [6, 6.07) is 0. The molecular formula is C4H13Cl2N3Pt. The maximum atomic E-state index is 4.88. The van der Waals surface area contributed by atoms with Crippen LogP contribution in [-0.2, 0) is 16.5 Å². The van der Waals surface area contributed by atoms with E-state index < -0.39 is 16.5 Å². The van der Waals surface area contributed by atoms with E-state index in [1.807, 2.05) is 0 Å². The van der Waals surface area contributed by atoms with E-state index in [0.717, 1.165) is 26.2 Å². The first-order valence-electron chi connectivity index (χ1n) is 2.65. The SMILES string of the molecule is C1CNCCN1.N.[Cl][Pt][Cl]. The zero-order chi connectivity index (χ0) is 6.95. The van der Waals surface area contributed by atoms with Crippen LogP contribution >= 0.6 is 18.8 Å². The van der Waals surface area contributed by atoms with Crippen LogP contribution in [0.2, 0.25) is 0 Å². The summed E-state index contributed by atoms with van der Waals surface area (Å²) in [6.45, 7) is 4.56. The van der Waals surface area contributed by atoms with Crippen molar-refractivity contribution in [2.45, 2.75) is 0 Å². The molecule has 1 heterocycles. The molecule has 0 aromatic rings. The van der Waals surface area contributed by atoms with Crippen LogP contribution < -0.4 is 16.8 Å². The maximum absolute atomic E-state index is 4.88. The van der Waals surface area contributed by atoms with Crippen LogP contribution in [0.4, 0.5) is 0 Å². The van der Waals surface area contributed by atoms with Crippen LogP contribution in [0.15, 0.2) is 0 Å². The Morgan fingerprint density at radius 2 is 1.10 bits per heavy atom. The van der Waals surface area contributed by atoms with E-state index in [1.165, 1.54) is 0 Å². The number of halogens is 2. The van der Waals surface area contributed by atoms with Crippen molar-refractivity contribution in [1.29, 1.82) is 0 Å². The molecule has 0 aliphatic carbocycles. The molecule has 1 saturated heterocycles. The second-order valence-electron chi connectivity index (χ2n) is 1.55. The van der Waals surface area contributed by atoms with Gasteiger partial charge in [-0.3, -0.25) is 0 Å². The van der Waals surface area contributed by atoms with Crippen molar-refractivity contribution in [3.05, 3.63) is 0 Å². The van der Waals surface area contributed by atoms with E-state index in [0.29, 0.717) is 0 Å². The van der Waals surface area contributed by atoms with Gasteiger partial charge in [0, 0.05) is 26.2 Å². The average molecular weight is 369 g/mol. The molecule has 0 unspecified atom stereocenters. The van der Waals surface area contributed by atoms with E-state index in [9.17, 15) is 0 Å². The summed E-state index contributed by atoms with van der Waals surface area (Å²) in [5, 5.41) is 6.44. The number of piperazine rings is 1. The summed E-state index contributed by atoms with van der Waals surface area (Å²) in [7, 11) is 9.75. The second kappa shape index (κ2) is 12.8. The fourth-order valence-corrected chi connectivity index (χ4v) is 0.604. The summed E-state index contributed by atoms with van der Waals surface area (Å²) < 4.78 is 0. The third-order valence-corrected chi connectivity index (χ3v) is 0.957. The van der Waals surface area contributed by atoms with Gasteiger partial charge >= 0.3 is 35.3 Å². The summed E-state index contributed by atoms with van der Waals surface area (Å²) in [6.07, 6.45) is 0. The third kappa shape index (κ3) is 11.9. The Hall–Kier alpha value is 1.15. The minimum absolute atomic E-state index is 0. The zero-order valence-corrected chi connectivity index (χ0v) is 9.39. The van der Waals surface area contributed by atoms with Gasteiger partial charge in [0.2, 0.25) is 0 Å². The molecule has 0 saturated carbocycles. The topological polar surface area (TPSA) is 59.1 Å². The van der Waals surface area contributed by atoms with Crippen molar-refractivity contribution in [1.82, 2.24) is 16.8 Å². The number of rotatable bonds is 0. The molecule has 5 N–H and O–H groups in total. The van der Waals surface area contributed by atoms with Gasteiger partial charge in [0.25, 0.3) is 0 Å². The molecule has 10 heavy (non-hydrogen) atoms. The number of nitrogens with one attached hydrogen (secondary N) is 2. The van der Waals surface area contributed by atoms with Gasteiger partial charge in [-0.25, -0.2) is 0 Å². The van der Waals surface area contributed by atoms with Gasteiger partial charge < -0.3 is 16.8 Å². The molecular weight excluding hydrogens is 356 g/mol. The first-order valence-corrected chi connectivity index (χ1v) is 8.28. The van der Waals surface area contributed by atoms with Crippen LogP contribution in [0.3, 0.4) is 0 Å². The van der Waals surface area contributed by atoms with Crippen molar-refractivity contribution < 1.29 is 16.5 Å². The Balaban J connectivity index is 0. The molecule has 6 heteroatoms. The first-order chi connectivity index (χ1) is 4.41. The van der Waals surface area contributed by atoms with E-state index in [4.69, 9.17) is 18.8 Å². The van der Waals surface area contributed by atoms with Crippen molar-refractivity contribution in [3.63, 3.8) is 0 Å². The van der Waals surface area contributed by atoms with Gasteiger partial charge in [0.05, 0.1) is 0 Å². The zero-order valence-electron chi connectivity index (χ0n) is 5.61. The van der Waals surface area contributed by atoms with E-state index in [-0.39, 0.29) is 6.15 Å². The Kier molecular flexibility index (Phi) is 17.5. The first kappa shape index (κ1) is 13.7. The van der Waals surface area contributed by atoms with Gasteiger partial charge in [0.15, 0.2) is 0 Å². The van der Waals surface area contributed by atoms with E-state index in [2.05, 4.69) is 10.6 Å². The summed E-state index contributed by atoms with van der Waals surface area (Å²) >= 11 is -0.472. The molecule has 0 aromatic heterocycles. The normalized spacial score (nSPS) is 16.6. The van der Waals surface area contributed by atoms with Crippen LogP contribution in [-0.4, -0.2) is 26.2 Å². The van der Waals surface area contributed by atoms with Crippen molar-refractivity contribution >= 4 is 18.8 Å². The monoisotopic (exact) mass is 368 g/mol.